The van der Waals surface area contributed by atoms with Gasteiger partial charge >= 0.3 is 6.36 Å². The molecule has 1 aliphatic rings. The standard InChI is InChI=1S/C25H21F3N4O5S/c26-25(27,28)37-22-6-8-23(9-7-22)38(34,35)31-13-11-20(12-14-31)30-36-17-19-3-10-24(33)32(16-19)21-4-1-18(15-29)2-5-21/h1-10,16H,11-14,17H2. The lowest BCUT2D eigenvalue weighted by Crippen LogP contribution is -2.38. The summed E-state index contributed by atoms with van der Waals surface area (Å²) >= 11 is 0. The van der Waals surface area contributed by atoms with Crippen LogP contribution in [0.5, 0.6) is 5.75 Å². The summed E-state index contributed by atoms with van der Waals surface area (Å²) in [5, 5.41) is 13.0. The zero-order valence-electron chi connectivity index (χ0n) is 19.8. The van der Waals surface area contributed by atoms with Gasteiger partial charge in [0.25, 0.3) is 5.56 Å². The topological polar surface area (TPSA) is 114 Å². The van der Waals surface area contributed by atoms with Gasteiger partial charge in [0.05, 0.1) is 22.2 Å². The van der Waals surface area contributed by atoms with Crippen molar-refractivity contribution in [3.8, 4) is 17.5 Å². The highest BCUT2D eigenvalue weighted by Crippen LogP contribution is 2.26. The van der Waals surface area contributed by atoms with Crippen molar-refractivity contribution in [1.82, 2.24) is 8.87 Å². The van der Waals surface area contributed by atoms with Gasteiger partial charge in [0.1, 0.15) is 12.4 Å². The van der Waals surface area contributed by atoms with Crippen LogP contribution in [0, 0.1) is 11.3 Å². The third kappa shape index (κ3) is 6.58. The summed E-state index contributed by atoms with van der Waals surface area (Å²) in [5.41, 5.74) is 2.16. The van der Waals surface area contributed by atoms with Crippen molar-refractivity contribution < 1.29 is 31.2 Å². The Balaban J connectivity index is 1.34. The van der Waals surface area contributed by atoms with Gasteiger partial charge in [-0.25, -0.2) is 8.42 Å². The fraction of sp³-hybridized carbons (Fsp3) is 0.240. The maximum atomic E-state index is 12.8. The fourth-order valence-electron chi connectivity index (χ4n) is 3.75. The van der Waals surface area contributed by atoms with Crippen LogP contribution in [0.4, 0.5) is 13.2 Å². The maximum absolute atomic E-state index is 12.8. The maximum Gasteiger partial charge on any atom is 0.573 e. The van der Waals surface area contributed by atoms with Crippen molar-refractivity contribution in [2.75, 3.05) is 13.1 Å². The van der Waals surface area contributed by atoms with E-state index in [1.54, 1.807) is 36.5 Å². The van der Waals surface area contributed by atoms with Crippen molar-refractivity contribution in [3.63, 3.8) is 0 Å². The lowest BCUT2D eigenvalue weighted by molar-refractivity contribution is -0.274. The summed E-state index contributed by atoms with van der Waals surface area (Å²) in [4.78, 5) is 17.6. The minimum absolute atomic E-state index is 0.0778. The minimum atomic E-state index is -4.86. The second-order valence-electron chi connectivity index (χ2n) is 8.26. The first kappa shape index (κ1) is 26.9. The van der Waals surface area contributed by atoms with Crippen LogP contribution in [-0.2, 0) is 21.5 Å². The average molecular weight is 547 g/mol. The van der Waals surface area contributed by atoms with E-state index in [1.807, 2.05) is 6.07 Å². The van der Waals surface area contributed by atoms with E-state index in [0.29, 0.717) is 35.4 Å². The van der Waals surface area contributed by atoms with Crippen LogP contribution in [-0.4, -0.2) is 42.5 Å². The number of sulfonamides is 1. The highest BCUT2D eigenvalue weighted by molar-refractivity contribution is 7.89. The third-order valence-corrected chi connectivity index (χ3v) is 7.58. The predicted molar refractivity (Wildman–Crippen MR) is 130 cm³/mol. The van der Waals surface area contributed by atoms with Gasteiger partial charge in [0.15, 0.2) is 0 Å². The van der Waals surface area contributed by atoms with Gasteiger partial charge in [-0.05, 0) is 54.6 Å². The average Bonchev–Trinajstić information content (AvgIpc) is 2.89. The lowest BCUT2D eigenvalue weighted by Gasteiger charge is -2.26. The molecule has 198 valence electrons. The molecule has 0 aliphatic carbocycles. The largest absolute Gasteiger partial charge is 0.573 e. The number of aromatic nitrogens is 1. The Labute approximate surface area is 216 Å². The van der Waals surface area contributed by atoms with E-state index in [2.05, 4.69) is 9.89 Å². The molecule has 38 heavy (non-hydrogen) atoms. The highest BCUT2D eigenvalue weighted by atomic mass is 32.2. The van der Waals surface area contributed by atoms with Crippen molar-refractivity contribution in [1.29, 1.82) is 5.26 Å². The third-order valence-electron chi connectivity index (χ3n) is 5.67. The normalized spacial score (nSPS) is 14.5. The first-order valence-electron chi connectivity index (χ1n) is 11.3. The quantitative estimate of drug-likeness (QED) is 0.415. The van der Waals surface area contributed by atoms with Crippen LogP contribution in [0.2, 0.25) is 0 Å². The SMILES string of the molecule is N#Cc1ccc(-n2cc(CON=C3CCN(S(=O)(=O)c4ccc(OC(F)(F)F)cc4)CC3)ccc2=O)cc1. The lowest BCUT2D eigenvalue weighted by atomic mass is 10.1. The molecule has 0 radical (unpaired) electrons. The molecular weight excluding hydrogens is 525 g/mol. The van der Waals surface area contributed by atoms with Crippen LogP contribution < -0.4 is 10.3 Å². The Kier molecular flexibility index (Phi) is 7.84. The summed E-state index contributed by atoms with van der Waals surface area (Å²) in [7, 11) is -3.90. The first-order chi connectivity index (χ1) is 18.0. The second-order valence-corrected chi connectivity index (χ2v) is 10.2. The van der Waals surface area contributed by atoms with Crippen molar-refractivity contribution in [3.05, 3.63) is 88.3 Å². The Morgan fingerprint density at radius 3 is 2.24 bits per heavy atom. The molecule has 0 saturated carbocycles. The molecule has 2 aromatic carbocycles. The molecule has 0 bridgehead atoms. The molecular formula is C25H21F3N4O5S. The summed E-state index contributed by atoms with van der Waals surface area (Å²) in [6.07, 6.45) is -2.61. The van der Waals surface area contributed by atoms with Crippen molar-refractivity contribution in [2.45, 2.75) is 30.7 Å². The van der Waals surface area contributed by atoms with Gasteiger partial charge in [-0.3, -0.25) is 9.36 Å². The fourth-order valence-corrected chi connectivity index (χ4v) is 5.19. The van der Waals surface area contributed by atoms with E-state index < -0.39 is 22.1 Å². The summed E-state index contributed by atoms with van der Waals surface area (Å²) < 4.78 is 69.1. The van der Waals surface area contributed by atoms with Crippen LogP contribution in [0.25, 0.3) is 5.69 Å². The van der Waals surface area contributed by atoms with Gasteiger partial charge in [0.2, 0.25) is 10.0 Å². The number of nitrogens with zero attached hydrogens (tertiary/aromatic N) is 4. The number of ether oxygens (including phenoxy) is 1. The number of benzene rings is 2. The molecule has 2 heterocycles. The molecule has 0 atom stereocenters. The Morgan fingerprint density at radius 2 is 1.63 bits per heavy atom. The molecule has 1 saturated heterocycles. The second kappa shape index (κ2) is 11.1. The van der Waals surface area contributed by atoms with Crippen molar-refractivity contribution >= 4 is 15.7 Å². The van der Waals surface area contributed by atoms with Crippen LogP contribution in [0.15, 0.2) is 81.7 Å². The number of nitriles is 1. The van der Waals surface area contributed by atoms with E-state index in [4.69, 9.17) is 10.1 Å². The minimum Gasteiger partial charge on any atom is -0.406 e. The monoisotopic (exact) mass is 546 g/mol. The zero-order chi connectivity index (χ0) is 27.3. The Morgan fingerprint density at radius 1 is 0.974 bits per heavy atom. The van der Waals surface area contributed by atoms with E-state index in [0.717, 1.165) is 24.3 Å². The van der Waals surface area contributed by atoms with E-state index in [-0.39, 0.29) is 30.2 Å². The molecule has 1 fully saturated rings. The predicted octanol–water partition coefficient (Wildman–Crippen LogP) is 3.97. The molecule has 9 nitrogen and oxygen atoms in total. The summed E-state index contributed by atoms with van der Waals surface area (Å²) in [5.74, 6) is -0.506. The number of piperidine rings is 1. The van der Waals surface area contributed by atoms with Gasteiger partial charge < -0.3 is 9.57 Å². The molecule has 1 aliphatic heterocycles. The Hall–Kier alpha value is -4.15. The first-order valence-corrected chi connectivity index (χ1v) is 12.7. The highest BCUT2D eigenvalue weighted by Gasteiger charge is 2.32. The number of oxime groups is 1. The van der Waals surface area contributed by atoms with Gasteiger partial charge in [-0.1, -0.05) is 5.16 Å². The summed E-state index contributed by atoms with van der Waals surface area (Å²) in [6.45, 7) is 0.345. The molecule has 0 unspecified atom stereocenters. The van der Waals surface area contributed by atoms with Gasteiger partial charge in [0, 0.05) is 49.4 Å². The van der Waals surface area contributed by atoms with E-state index >= 15 is 0 Å². The van der Waals surface area contributed by atoms with Crippen LogP contribution >= 0.6 is 0 Å². The van der Waals surface area contributed by atoms with E-state index in [1.165, 1.54) is 14.9 Å². The molecule has 13 heteroatoms. The molecule has 0 amide bonds. The summed E-state index contributed by atoms with van der Waals surface area (Å²) in [6, 6.07) is 15.6. The van der Waals surface area contributed by atoms with Crippen molar-refractivity contribution in [2.24, 2.45) is 5.16 Å². The number of pyridine rings is 1. The van der Waals surface area contributed by atoms with Crippen LogP contribution in [0.1, 0.15) is 24.0 Å². The Bertz CT molecular complexity index is 1520. The van der Waals surface area contributed by atoms with E-state index in [9.17, 15) is 26.4 Å². The smallest absolute Gasteiger partial charge is 0.406 e. The van der Waals surface area contributed by atoms with Gasteiger partial charge in [-0.15, -0.1) is 13.2 Å². The molecule has 0 N–H and O–H groups in total. The zero-order valence-corrected chi connectivity index (χ0v) is 20.6. The van der Waals surface area contributed by atoms with Crippen LogP contribution in [0.3, 0.4) is 0 Å². The van der Waals surface area contributed by atoms with Gasteiger partial charge in [-0.2, -0.15) is 9.57 Å². The number of rotatable bonds is 7. The molecule has 0 spiro atoms. The number of hydrogen-bond acceptors (Lipinski definition) is 7. The molecule has 1 aromatic heterocycles. The molecule has 3 aromatic rings. The molecule has 4 rings (SSSR count). The number of alkyl halides is 3. The number of hydrogen-bond donors (Lipinski definition) is 0. The number of halogens is 3.